The van der Waals surface area contributed by atoms with Crippen LogP contribution in [0.2, 0.25) is 0 Å². The van der Waals surface area contributed by atoms with Crippen LogP contribution in [0.3, 0.4) is 0 Å². The van der Waals surface area contributed by atoms with Crippen molar-refractivity contribution in [2.75, 3.05) is 6.54 Å². The fraction of sp³-hybridized carbons (Fsp3) is 0.436. The Labute approximate surface area is 314 Å². The van der Waals surface area contributed by atoms with Crippen molar-refractivity contribution < 1.29 is 41.1 Å². The second kappa shape index (κ2) is 12.6. The number of aromatic nitrogens is 3. The number of hydrogen-bond donors (Lipinski definition) is 1. The van der Waals surface area contributed by atoms with Gasteiger partial charge in [0, 0.05) is 22.4 Å². The largest absolute Gasteiger partial charge is 0.495 e. The molecule has 0 spiro atoms. The number of fused-ring (bicyclic) bond motifs is 5. The molecule has 6 heterocycles. The van der Waals surface area contributed by atoms with E-state index in [9.17, 15) is 18.0 Å². The summed E-state index contributed by atoms with van der Waals surface area (Å²) in [5, 5.41) is 0.762. The monoisotopic (exact) mass is 764 g/mol. The number of likely N-dealkylation sites (tertiary alicyclic amines) is 1. The number of amides is 1. The number of rotatable bonds is 5. The van der Waals surface area contributed by atoms with Gasteiger partial charge in [-0.25, -0.2) is 14.2 Å². The first-order valence-electron chi connectivity index (χ1n) is 18.0. The first-order valence-corrected chi connectivity index (χ1v) is 18.8. The second-order valence-electron chi connectivity index (χ2n) is 16.2. The van der Waals surface area contributed by atoms with Crippen LogP contribution in [0.25, 0.3) is 33.4 Å². The average Bonchev–Trinajstić information content (AvgIpc) is 3.88. The Morgan fingerprint density at radius 1 is 1.06 bits per heavy atom. The standard InChI is InChI=1S/C39H41BF4N4O5S/c1-36(2,3)51-35(49)47-14-8-9-28(47)33-45-20-26(46-33)21-10-12-27-22(15-21)16-29-32-25(41)17-23(40-52-37(4,5)38(6,7)53-40)18-30(32)50-34(48(27)29)31-13-11-24(54-31)19-39(42,43)44/h10-13,15-18,20,28,34H,8-9,14,19H2,1-7H3,(H,45,46)/t28-,34?/m0/s1. The number of ether oxygens (including phenoxy) is 2. The molecule has 2 aromatic carbocycles. The van der Waals surface area contributed by atoms with Gasteiger partial charge < -0.3 is 23.8 Å². The first-order chi connectivity index (χ1) is 25.3. The fourth-order valence-electron chi connectivity index (χ4n) is 7.33. The molecular formula is C39H41BF4N4O5S. The highest BCUT2D eigenvalue weighted by atomic mass is 32.1. The molecule has 2 saturated heterocycles. The molecule has 3 aliphatic heterocycles. The lowest BCUT2D eigenvalue weighted by molar-refractivity contribution is -0.126. The van der Waals surface area contributed by atoms with E-state index in [1.165, 1.54) is 12.1 Å². The number of imidazole rings is 1. The second-order valence-corrected chi connectivity index (χ2v) is 17.4. The number of benzene rings is 2. The molecule has 0 bridgehead atoms. The Morgan fingerprint density at radius 2 is 1.80 bits per heavy atom. The highest BCUT2D eigenvalue weighted by Crippen LogP contribution is 2.47. The maximum absolute atomic E-state index is 16.4. The van der Waals surface area contributed by atoms with Crippen LogP contribution in [-0.2, 0) is 20.5 Å². The Kier molecular flexibility index (Phi) is 8.55. The number of aromatic amines is 1. The van der Waals surface area contributed by atoms with Crippen molar-refractivity contribution >= 4 is 40.9 Å². The number of carbonyl (C=O) groups is 1. The summed E-state index contributed by atoms with van der Waals surface area (Å²) in [6, 6.07) is 13.5. The molecule has 2 fully saturated rings. The van der Waals surface area contributed by atoms with E-state index in [1.807, 2.05) is 77.3 Å². The van der Waals surface area contributed by atoms with Crippen molar-refractivity contribution in [3.8, 4) is 28.3 Å². The summed E-state index contributed by atoms with van der Waals surface area (Å²) in [4.78, 5) is 23.4. The maximum Gasteiger partial charge on any atom is 0.495 e. The summed E-state index contributed by atoms with van der Waals surface area (Å²) in [6.07, 6.45) is -3.40. The molecular weight excluding hydrogens is 723 g/mol. The lowest BCUT2D eigenvalue weighted by Gasteiger charge is -2.32. The van der Waals surface area contributed by atoms with Gasteiger partial charge in [-0.05, 0) is 109 Å². The van der Waals surface area contributed by atoms with Crippen LogP contribution < -0.4 is 10.2 Å². The lowest BCUT2D eigenvalue weighted by atomic mass is 9.78. The van der Waals surface area contributed by atoms with Gasteiger partial charge in [0.05, 0.1) is 57.2 Å². The van der Waals surface area contributed by atoms with Crippen LogP contribution in [0.5, 0.6) is 5.75 Å². The molecule has 9 nitrogen and oxygen atoms in total. The van der Waals surface area contributed by atoms with E-state index in [2.05, 4.69) is 9.97 Å². The normalized spacial score (nSPS) is 20.6. The van der Waals surface area contributed by atoms with Gasteiger partial charge in [0.15, 0.2) is 0 Å². The Hall–Kier alpha value is -4.34. The van der Waals surface area contributed by atoms with Gasteiger partial charge in [-0.3, -0.25) is 9.47 Å². The average molecular weight is 765 g/mol. The molecule has 5 aromatic rings. The minimum Gasteiger partial charge on any atom is -0.464 e. The minimum absolute atomic E-state index is 0.145. The number of nitrogens with one attached hydrogen (secondary N) is 1. The molecule has 3 aliphatic rings. The third kappa shape index (κ3) is 6.57. The number of nitrogens with zero attached hydrogens (tertiary/aromatic N) is 3. The van der Waals surface area contributed by atoms with Gasteiger partial charge in [0.25, 0.3) is 0 Å². The maximum atomic E-state index is 16.4. The Morgan fingerprint density at radius 3 is 2.50 bits per heavy atom. The summed E-state index contributed by atoms with van der Waals surface area (Å²) in [5.41, 5.74) is 1.48. The van der Waals surface area contributed by atoms with Gasteiger partial charge in [-0.15, -0.1) is 11.3 Å². The zero-order chi connectivity index (χ0) is 38.5. The van der Waals surface area contributed by atoms with E-state index in [0.717, 1.165) is 40.8 Å². The molecule has 1 N–H and O–H groups in total. The van der Waals surface area contributed by atoms with E-state index in [4.69, 9.17) is 18.8 Å². The third-order valence-electron chi connectivity index (χ3n) is 10.6. The summed E-state index contributed by atoms with van der Waals surface area (Å²) in [6.45, 7) is 13.7. The SMILES string of the molecule is CC(C)(C)OC(=O)N1CCC[C@H]1c1ncc(-c2ccc3c(c2)cc2n3C(c3ccc(CC(F)(F)F)s3)Oc3cc(B4OC(C)(C)C(C)(C)O4)cc(F)c3-2)[nH]1. The van der Waals surface area contributed by atoms with E-state index < -0.39 is 48.6 Å². The molecule has 1 unspecified atom stereocenters. The van der Waals surface area contributed by atoms with Crippen molar-refractivity contribution in [3.63, 3.8) is 0 Å². The number of alkyl halides is 3. The quantitative estimate of drug-likeness (QED) is 0.142. The van der Waals surface area contributed by atoms with Gasteiger partial charge in [0.2, 0.25) is 6.23 Å². The number of carbonyl (C=O) groups excluding carboxylic acids is 1. The molecule has 3 aromatic heterocycles. The first kappa shape index (κ1) is 36.6. The summed E-state index contributed by atoms with van der Waals surface area (Å²) >= 11 is 1.01. The predicted octanol–water partition coefficient (Wildman–Crippen LogP) is 9.31. The molecule has 15 heteroatoms. The minimum atomic E-state index is -4.37. The van der Waals surface area contributed by atoms with E-state index in [-0.39, 0.29) is 28.3 Å². The fourth-order valence-corrected chi connectivity index (χ4v) is 8.39. The van der Waals surface area contributed by atoms with Crippen molar-refractivity contribution in [1.82, 2.24) is 19.4 Å². The third-order valence-corrected chi connectivity index (χ3v) is 11.7. The highest BCUT2D eigenvalue weighted by molar-refractivity contribution is 7.12. The number of hydrogen-bond acceptors (Lipinski definition) is 7. The summed E-state index contributed by atoms with van der Waals surface area (Å²) in [5.74, 6) is 0.336. The molecule has 1 amide bonds. The van der Waals surface area contributed by atoms with Crippen molar-refractivity contribution in [3.05, 3.63) is 76.1 Å². The van der Waals surface area contributed by atoms with E-state index >= 15 is 4.39 Å². The van der Waals surface area contributed by atoms with Crippen LogP contribution in [0.15, 0.2) is 54.7 Å². The van der Waals surface area contributed by atoms with Crippen molar-refractivity contribution in [2.45, 2.75) is 103 Å². The molecule has 8 rings (SSSR count). The van der Waals surface area contributed by atoms with Crippen LogP contribution in [-0.4, -0.2) is 62.2 Å². The van der Waals surface area contributed by atoms with Crippen LogP contribution in [0.1, 0.15) is 89.2 Å². The summed E-state index contributed by atoms with van der Waals surface area (Å²) < 4.78 is 83.0. The van der Waals surface area contributed by atoms with E-state index in [1.54, 1.807) is 23.2 Å². The van der Waals surface area contributed by atoms with Gasteiger partial charge >= 0.3 is 19.4 Å². The molecule has 0 saturated carbocycles. The van der Waals surface area contributed by atoms with Crippen LogP contribution in [0.4, 0.5) is 22.4 Å². The highest BCUT2D eigenvalue weighted by Gasteiger charge is 2.52. The van der Waals surface area contributed by atoms with Gasteiger partial charge in [-0.1, -0.05) is 6.07 Å². The van der Waals surface area contributed by atoms with Crippen LogP contribution >= 0.6 is 11.3 Å². The smallest absolute Gasteiger partial charge is 0.464 e. The van der Waals surface area contributed by atoms with Crippen molar-refractivity contribution in [2.24, 2.45) is 0 Å². The van der Waals surface area contributed by atoms with Crippen molar-refractivity contribution in [1.29, 1.82) is 0 Å². The molecule has 2 atom stereocenters. The Bertz CT molecular complexity index is 2260. The molecule has 54 heavy (non-hydrogen) atoms. The van der Waals surface area contributed by atoms with E-state index in [0.29, 0.717) is 33.9 Å². The zero-order valence-electron chi connectivity index (χ0n) is 31.1. The zero-order valence-corrected chi connectivity index (χ0v) is 31.9. The Balaban J connectivity index is 1.18. The number of thiophene rings is 1. The van der Waals surface area contributed by atoms with Gasteiger partial charge in [-0.2, -0.15) is 13.2 Å². The number of H-pyrrole nitrogens is 1. The van der Waals surface area contributed by atoms with Crippen LogP contribution in [0, 0.1) is 5.82 Å². The summed E-state index contributed by atoms with van der Waals surface area (Å²) in [7, 11) is -0.855. The molecule has 0 radical (unpaired) electrons. The molecule has 0 aliphatic carbocycles. The predicted molar refractivity (Wildman–Crippen MR) is 198 cm³/mol. The topological polar surface area (TPSA) is 90.8 Å². The molecule has 284 valence electrons. The van der Waals surface area contributed by atoms with Gasteiger partial charge in [0.1, 0.15) is 23.0 Å². The number of halogens is 4. The lowest BCUT2D eigenvalue weighted by Crippen LogP contribution is -2.41.